The summed E-state index contributed by atoms with van der Waals surface area (Å²) in [6.45, 7) is 4.28. The Balaban J connectivity index is 2.17. The molecule has 0 aliphatic heterocycles. The monoisotopic (exact) mass is 267 g/mol. The smallest absolute Gasteiger partial charge is 0.298 e. The molecule has 0 aliphatic rings. The molecule has 4 nitrogen and oxygen atoms in total. The predicted octanol–water partition coefficient (Wildman–Crippen LogP) is 3.05. The lowest BCUT2D eigenvalue weighted by atomic mass is 10.2. The van der Waals surface area contributed by atoms with Crippen molar-refractivity contribution in [3.8, 4) is 10.9 Å². The van der Waals surface area contributed by atoms with Gasteiger partial charge in [0.25, 0.3) is 5.19 Å². The highest BCUT2D eigenvalue weighted by atomic mass is 32.1. The number of nitrogens with two attached hydrogens (primary N) is 1. The molecule has 0 unspecified atom stereocenters. The summed E-state index contributed by atoms with van der Waals surface area (Å²) >= 11 is 1.12. The van der Waals surface area contributed by atoms with Crippen molar-refractivity contribution >= 4 is 11.5 Å². The van der Waals surface area contributed by atoms with Gasteiger partial charge in [0.15, 0.2) is 11.6 Å². The van der Waals surface area contributed by atoms with Crippen LogP contribution in [0.4, 0.5) is 4.39 Å². The van der Waals surface area contributed by atoms with Crippen molar-refractivity contribution in [2.45, 2.75) is 26.3 Å². The van der Waals surface area contributed by atoms with E-state index in [1.54, 1.807) is 12.1 Å². The molecule has 0 saturated heterocycles. The van der Waals surface area contributed by atoms with Crippen LogP contribution in [0, 0.1) is 5.82 Å². The Bertz CT molecular complexity index is 542. The summed E-state index contributed by atoms with van der Waals surface area (Å²) in [6, 6.07) is 4.64. The first-order valence-electron chi connectivity index (χ1n) is 5.60. The average Bonchev–Trinajstić information content (AvgIpc) is 2.80. The van der Waals surface area contributed by atoms with E-state index in [9.17, 15) is 4.39 Å². The standard InChI is InChI=1S/C12H14FN3OS/c1-7(2)11-15-12(18-16-11)17-10-4-3-8(6-14)5-9(10)13/h3-5,7H,6,14H2,1-2H3. The number of benzene rings is 1. The van der Waals surface area contributed by atoms with Gasteiger partial charge < -0.3 is 10.5 Å². The van der Waals surface area contributed by atoms with E-state index >= 15 is 0 Å². The van der Waals surface area contributed by atoms with Gasteiger partial charge in [0.1, 0.15) is 5.82 Å². The van der Waals surface area contributed by atoms with Gasteiger partial charge in [0.2, 0.25) is 0 Å². The molecule has 1 aromatic heterocycles. The van der Waals surface area contributed by atoms with E-state index < -0.39 is 5.82 Å². The van der Waals surface area contributed by atoms with E-state index in [-0.39, 0.29) is 11.7 Å². The third-order valence-corrected chi connectivity index (χ3v) is 2.98. The topological polar surface area (TPSA) is 61.0 Å². The van der Waals surface area contributed by atoms with Crippen LogP contribution in [0.25, 0.3) is 0 Å². The van der Waals surface area contributed by atoms with Gasteiger partial charge in [-0.2, -0.15) is 9.36 Å². The Kier molecular flexibility index (Phi) is 3.88. The molecule has 96 valence electrons. The molecule has 6 heteroatoms. The number of aromatic nitrogens is 2. The van der Waals surface area contributed by atoms with Gasteiger partial charge in [0, 0.05) is 24.0 Å². The Labute approximate surface area is 109 Å². The van der Waals surface area contributed by atoms with Crippen LogP contribution in [0.1, 0.15) is 31.2 Å². The Morgan fingerprint density at radius 3 is 2.78 bits per heavy atom. The predicted molar refractivity (Wildman–Crippen MR) is 68.4 cm³/mol. The van der Waals surface area contributed by atoms with Crippen molar-refractivity contribution in [2.75, 3.05) is 0 Å². The van der Waals surface area contributed by atoms with E-state index in [1.165, 1.54) is 6.07 Å². The van der Waals surface area contributed by atoms with Gasteiger partial charge in [-0.25, -0.2) is 4.39 Å². The largest absolute Gasteiger partial charge is 0.427 e. The highest BCUT2D eigenvalue weighted by molar-refractivity contribution is 7.07. The third kappa shape index (κ3) is 2.83. The number of hydrogen-bond donors (Lipinski definition) is 1. The van der Waals surface area contributed by atoms with E-state index in [0.717, 1.165) is 17.1 Å². The van der Waals surface area contributed by atoms with Gasteiger partial charge in [0.05, 0.1) is 0 Å². The fourth-order valence-electron chi connectivity index (χ4n) is 1.34. The molecule has 0 radical (unpaired) electrons. The number of rotatable bonds is 4. The average molecular weight is 267 g/mol. The van der Waals surface area contributed by atoms with Crippen molar-refractivity contribution in [3.63, 3.8) is 0 Å². The van der Waals surface area contributed by atoms with Crippen molar-refractivity contribution in [3.05, 3.63) is 35.4 Å². The Morgan fingerprint density at radius 2 is 2.22 bits per heavy atom. The number of hydrogen-bond acceptors (Lipinski definition) is 5. The van der Waals surface area contributed by atoms with Gasteiger partial charge in [-0.1, -0.05) is 19.9 Å². The minimum absolute atomic E-state index is 0.138. The van der Waals surface area contributed by atoms with Crippen LogP contribution >= 0.6 is 11.5 Å². The van der Waals surface area contributed by atoms with Gasteiger partial charge >= 0.3 is 0 Å². The Hall–Kier alpha value is -1.53. The lowest BCUT2D eigenvalue weighted by molar-refractivity contribution is 0.437. The van der Waals surface area contributed by atoms with Gasteiger partial charge in [-0.3, -0.25) is 0 Å². The Morgan fingerprint density at radius 1 is 1.44 bits per heavy atom. The lowest BCUT2D eigenvalue weighted by Gasteiger charge is -2.04. The molecule has 1 aromatic carbocycles. The van der Waals surface area contributed by atoms with E-state index in [2.05, 4.69) is 9.36 Å². The maximum Gasteiger partial charge on any atom is 0.298 e. The second-order valence-corrected chi connectivity index (χ2v) is 4.86. The van der Waals surface area contributed by atoms with Crippen LogP contribution in [0.3, 0.4) is 0 Å². The van der Waals surface area contributed by atoms with Crippen molar-refractivity contribution in [1.82, 2.24) is 9.36 Å². The summed E-state index contributed by atoms with van der Waals surface area (Å²) in [4.78, 5) is 4.18. The van der Waals surface area contributed by atoms with E-state index in [1.807, 2.05) is 13.8 Å². The quantitative estimate of drug-likeness (QED) is 0.924. The summed E-state index contributed by atoms with van der Waals surface area (Å²) in [7, 11) is 0. The molecule has 0 saturated carbocycles. The zero-order chi connectivity index (χ0) is 13.1. The zero-order valence-corrected chi connectivity index (χ0v) is 11.0. The lowest BCUT2D eigenvalue weighted by Crippen LogP contribution is -1.97. The molecule has 0 atom stereocenters. The van der Waals surface area contributed by atoms with Crippen LogP contribution in [0.15, 0.2) is 18.2 Å². The maximum absolute atomic E-state index is 13.7. The second-order valence-electron chi connectivity index (χ2n) is 4.14. The molecule has 1 heterocycles. The number of ether oxygens (including phenoxy) is 1. The first-order valence-corrected chi connectivity index (χ1v) is 6.37. The van der Waals surface area contributed by atoms with E-state index in [0.29, 0.717) is 17.6 Å². The number of halogens is 1. The third-order valence-electron chi connectivity index (χ3n) is 2.37. The minimum atomic E-state index is -0.445. The minimum Gasteiger partial charge on any atom is -0.427 e. The van der Waals surface area contributed by atoms with Gasteiger partial charge in [-0.15, -0.1) is 0 Å². The molecule has 0 amide bonds. The van der Waals surface area contributed by atoms with Crippen LogP contribution in [-0.4, -0.2) is 9.36 Å². The SMILES string of the molecule is CC(C)c1nsc(Oc2ccc(CN)cc2F)n1. The number of nitrogens with zero attached hydrogens (tertiary/aromatic N) is 2. The molecular weight excluding hydrogens is 253 g/mol. The van der Waals surface area contributed by atoms with Crippen molar-refractivity contribution in [2.24, 2.45) is 5.73 Å². The molecule has 2 rings (SSSR count). The molecule has 0 bridgehead atoms. The van der Waals surface area contributed by atoms with Crippen LogP contribution in [-0.2, 0) is 6.54 Å². The first-order chi connectivity index (χ1) is 8.60. The van der Waals surface area contributed by atoms with Crippen LogP contribution < -0.4 is 10.5 Å². The maximum atomic E-state index is 13.7. The normalized spacial score (nSPS) is 10.9. The first kappa shape index (κ1) is 12.9. The molecule has 18 heavy (non-hydrogen) atoms. The fraction of sp³-hybridized carbons (Fsp3) is 0.333. The summed E-state index contributed by atoms with van der Waals surface area (Å²) in [5.74, 6) is 0.620. The molecule has 2 aromatic rings. The molecule has 0 spiro atoms. The fourth-order valence-corrected chi connectivity index (χ4v) is 2.03. The molecule has 0 fully saturated rings. The highest BCUT2D eigenvalue weighted by Crippen LogP contribution is 2.27. The zero-order valence-electron chi connectivity index (χ0n) is 10.2. The van der Waals surface area contributed by atoms with E-state index in [4.69, 9.17) is 10.5 Å². The van der Waals surface area contributed by atoms with Gasteiger partial charge in [-0.05, 0) is 17.7 Å². The summed E-state index contributed by atoms with van der Waals surface area (Å²) in [5.41, 5.74) is 6.15. The molecule has 2 N–H and O–H groups in total. The van der Waals surface area contributed by atoms with Crippen molar-refractivity contribution < 1.29 is 9.13 Å². The molecular formula is C12H14FN3OS. The van der Waals surface area contributed by atoms with Crippen LogP contribution in [0.2, 0.25) is 0 Å². The summed E-state index contributed by atoms with van der Waals surface area (Å²) in [6.07, 6.45) is 0. The molecule has 0 aliphatic carbocycles. The highest BCUT2D eigenvalue weighted by Gasteiger charge is 2.11. The summed E-state index contributed by atoms with van der Waals surface area (Å²) < 4.78 is 23.2. The second kappa shape index (κ2) is 5.41. The summed E-state index contributed by atoms with van der Waals surface area (Å²) in [5, 5.41) is 0.345. The van der Waals surface area contributed by atoms with Crippen molar-refractivity contribution in [1.29, 1.82) is 0 Å². The van der Waals surface area contributed by atoms with Crippen LogP contribution in [0.5, 0.6) is 10.9 Å².